The molecule has 3 nitrogen and oxygen atoms in total. The Kier molecular flexibility index (Phi) is 6.93. The first-order valence-corrected chi connectivity index (χ1v) is 10.5. The lowest BCUT2D eigenvalue weighted by molar-refractivity contribution is -0.143. The average Bonchev–Trinajstić information content (AvgIpc) is 2.78. The number of para-hydroxylation sites is 3. The molecule has 9 heteroatoms. The zero-order valence-electron chi connectivity index (χ0n) is 19.4. The number of halogens is 6. The van der Waals surface area contributed by atoms with Crippen molar-refractivity contribution in [2.75, 3.05) is 11.9 Å². The van der Waals surface area contributed by atoms with Gasteiger partial charge in [0, 0.05) is 7.05 Å². The quantitative estimate of drug-likeness (QED) is 0.339. The minimum atomic E-state index is -5.02. The van der Waals surface area contributed by atoms with Crippen molar-refractivity contribution >= 4 is 11.6 Å². The molecule has 3 rings (SSSR count). The molecule has 0 aliphatic carbocycles. The van der Waals surface area contributed by atoms with Gasteiger partial charge in [-0.05, 0) is 68.3 Å². The highest BCUT2D eigenvalue weighted by Crippen LogP contribution is 2.40. The van der Waals surface area contributed by atoms with Gasteiger partial charge in [-0.15, -0.1) is 0 Å². The van der Waals surface area contributed by atoms with Crippen molar-refractivity contribution in [2.24, 2.45) is 0 Å². The summed E-state index contributed by atoms with van der Waals surface area (Å²) in [5.74, 6) is 0.118. The van der Waals surface area contributed by atoms with Crippen LogP contribution in [0.15, 0.2) is 66.7 Å². The van der Waals surface area contributed by atoms with Gasteiger partial charge in [-0.2, -0.15) is 26.3 Å². The van der Waals surface area contributed by atoms with Crippen molar-refractivity contribution in [1.29, 1.82) is 0 Å². The predicted octanol–water partition coefficient (Wildman–Crippen LogP) is 7.77. The van der Waals surface area contributed by atoms with Crippen LogP contribution in [-0.4, -0.2) is 13.0 Å². The summed E-state index contributed by atoms with van der Waals surface area (Å²) < 4.78 is 86.1. The van der Waals surface area contributed by atoms with Crippen LogP contribution in [0.4, 0.5) is 32.0 Å². The number of likely N-dealkylation sites (N-methyl/N-ethyl adjacent to an activating group) is 1. The third kappa shape index (κ3) is 5.61. The number of hydrogen-bond donors (Lipinski definition) is 0. The molecule has 0 radical (unpaired) electrons. The lowest BCUT2D eigenvalue weighted by atomic mass is 9.81. The van der Waals surface area contributed by atoms with E-state index in [1.807, 2.05) is 19.1 Å². The van der Waals surface area contributed by atoms with E-state index in [0.717, 1.165) is 5.56 Å². The Labute approximate surface area is 198 Å². The molecule has 0 N–H and O–H groups in total. The van der Waals surface area contributed by atoms with E-state index in [1.165, 1.54) is 25.8 Å². The summed E-state index contributed by atoms with van der Waals surface area (Å²) >= 11 is 0. The Morgan fingerprint density at radius 2 is 1.20 bits per heavy atom. The number of nitrogens with zero attached hydrogens (tertiary/aromatic N) is 1. The van der Waals surface area contributed by atoms with E-state index < -0.39 is 40.4 Å². The zero-order chi connectivity index (χ0) is 26.2. The van der Waals surface area contributed by atoms with Gasteiger partial charge in [0.25, 0.3) is 0 Å². The highest BCUT2D eigenvalue weighted by atomic mass is 19.4. The van der Waals surface area contributed by atoms with Crippen LogP contribution in [0, 0.1) is 6.92 Å². The topological polar surface area (TPSA) is 29.5 Å². The number of carbonyl (C=O) groups is 1. The van der Waals surface area contributed by atoms with Crippen molar-refractivity contribution in [3.05, 3.63) is 89.0 Å². The number of rotatable bonds is 5. The normalized spacial score (nSPS) is 12.4. The van der Waals surface area contributed by atoms with E-state index in [-0.39, 0.29) is 6.07 Å². The van der Waals surface area contributed by atoms with Crippen molar-refractivity contribution in [3.63, 3.8) is 0 Å². The van der Waals surface area contributed by atoms with E-state index in [1.54, 1.807) is 36.4 Å². The molecule has 3 aromatic carbocycles. The number of alkyl halides is 6. The molecule has 0 bridgehead atoms. The Morgan fingerprint density at radius 1 is 0.743 bits per heavy atom. The van der Waals surface area contributed by atoms with Crippen LogP contribution in [0.2, 0.25) is 0 Å². The first-order valence-electron chi connectivity index (χ1n) is 10.5. The van der Waals surface area contributed by atoms with E-state index in [2.05, 4.69) is 0 Å². The fourth-order valence-electron chi connectivity index (χ4n) is 3.58. The second kappa shape index (κ2) is 9.28. The molecule has 0 atom stereocenters. The van der Waals surface area contributed by atoms with Gasteiger partial charge in [0.05, 0.1) is 22.2 Å². The molecule has 0 heterocycles. The second-order valence-electron chi connectivity index (χ2n) is 8.62. The summed E-state index contributed by atoms with van der Waals surface area (Å²) in [6.07, 6.45) is -10.0. The predicted molar refractivity (Wildman–Crippen MR) is 121 cm³/mol. The number of carbonyl (C=O) groups excluding carboxylic acids is 1. The standard InChI is InChI=1S/C26H23F6NO2/c1-16-9-5-7-11-21(16)35-22-12-8-6-10-20(22)33(4)23(34)24(2,3)17-13-18(25(27,28)29)15-19(14-17)26(30,31)32/h5-15H,1-4H3. The molecule has 186 valence electrons. The molecule has 1 amide bonds. The van der Waals surface area contributed by atoms with Gasteiger partial charge in [-0.1, -0.05) is 30.3 Å². The van der Waals surface area contributed by atoms with Crippen LogP contribution in [-0.2, 0) is 22.6 Å². The summed E-state index contributed by atoms with van der Waals surface area (Å²) in [4.78, 5) is 14.6. The molecule has 0 fully saturated rings. The van der Waals surface area contributed by atoms with E-state index in [9.17, 15) is 31.1 Å². The largest absolute Gasteiger partial charge is 0.455 e. The fraction of sp³-hybridized carbons (Fsp3) is 0.269. The molecule has 3 aromatic rings. The Balaban J connectivity index is 2.03. The van der Waals surface area contributed by atoms with Crippen molar-refractivity contribution in [1.82, 2.24) is 0 Å². The molecular weight excluding hydrogens is 472 g/mol. The summed E-state index contributed by atoms with van der Waals surface area (Å²) in [5, 5.41) is 0. The van der Waals surface area contributed by atoms with E-state index >= 15 is 0 Å². The average molecular weight is 495 g/mol. The number of hydrogen-bond acceptors (Lipinski definition) is 2. The number of anilines is 1. The second-order valence-corrected chi connectivity index (χ2v) is 8.62. The van der Waals surface area contributed by atoms with Crippen LogP contribution in [0.5, 0.6) is 11.5 Å². The minimum Gasteiger partial charge on any atom is -0.455 e. The van der Waals surface area contributed by atoms with Crippen LogP contribution < -0.4 is 9.64 Å². The van der Waals surface area contributed by atoms with Gasteiger partial charge in [-0.3, -0.25) is 4.79 Å². The Bertz CT molecular complexity index is 1200. The third-order valence-corrected chi connectivity index (χ3v) is 5.69. The molecule has 0 spiro atoms. The molecule has 0 aliphatic rings. The van der Waals surface area contributed by atoms with Gasteiger partial charge in [0.1, 0.15) is 5.75 Å². The van der Waals surface area contributed by atoms with Gasteiger partial charge in [0.2, 0.25) is 5.91 Å². The molecule has 0 saturated heterocycles. The lowest BCUT2D eigenvalue weighted by Gasteiger charge is -2.31. The monoisotopic (exact) mass is 495 g/mol. The summed E-state index contributed by atoms with van der Waals surface area (Å²) in [7, 11) is 1.39. The lowest BCUT2D eigenvalue weighted by Crippen LogP contribution is -2.42. The maximum Gasteiger partial charge on any atom is 0.416 e. The molecule has 0 aromatic heterocycles. The third-order valence-electron chi connectivity index (χ3n) is 5.69. The van der Waals surface area contributed by atoms with Crippen molar-refractivity contribution in [3.8, 4) is 11.5 Å². The molecule has 0 aliphatic heterocycles. The first-order chi connectivity index (χ1) is 16.1. The molecule has 35 heavy (non-hydrogen) atoms. The van der Waals surface area contributed by atoms with Gasteiger partial charge < -0.3 is 9.64 Å². The van der Waals surface area contributed by atoms with Crippen LogP contribution in [0.3, 0.4) is 0 Å². The minimum absolute atomic E-state index is 0.0408. The molecule has 0 unspecified atom stereocenters. The summed E-state index contributed by atoms with van der Waals surface area (Å²) in [5.41, 5.74) is -3.96. The first kappa shape index (κ1) is 26.1. The smallest absolute Gasteiger partial charge is 0.416 e. The number of benzene rings is 3. The van der Waals surface area contributed by atoms with Crippen LogP contribution >= 0.6 is 0 Å². The number of aryl methyl sites for hydroxylation is 1. The number of ether oxygens (including phenoxy) is 1. The molecule has 0 saturated carbocycles. The maximum atomic E-state index is 13.5. The van der Waals surface area contributed by atoms with Crippen molar-refractivity contribution in [2.45, 2.75) is 38.5 Å². The Hall–Kier alpha value is -3.49. The SMILES string of the molecule is Cc1ccccc1Oc1ccccc1N(C)C(=O)C(C)(C)c1cc(C(F)(F)F)cc(C(F)(F)F)c1. The van der Waals surface area contributed by atoms with Gasteiger partial charge in [0.15, 0.2) is 5.75 Å². The van der Waals surface area contributed by atoms with Crippen molar-refractivity contribution < 1.29 is 35.9 Å². The van der Waals surface area contributed by atoms with E-state index in [4.69, 9.17) is 4.74 Å². The molecular formula is C26H23F6NO2. The maximum absolute atomic E-state index is 13.5. The zero-order valence-corrected chi connectivity index (χ0v) is 19.4. The number of amides is 1. The summed E-state index contributed by atoms with van der Waals surface area (Å²) in [6, 6.07) is 14.9. The highest BCUT2D eigenvalue weighted by molar-refractivity contribution is 6.01. The van der Waals surface area contributed by atoms with Gasteiger partial charge >= 0.3 is 12.4 Å². The van der Waals surface area contributed by atoms with E-state index in [0.29, 0.717) is 29.3 Å². The summed E-state index contributed by atoms with van der Waals surface area (Å²) in [6.45, 7) is 4.40. The van der Waals surface area contributed by atoms with Crippen LogP contribution in [0.1, 0.15) is 36.1 Å². The fourth-order valence-corrected chi connectivity index (χ4v) is 3.58. The van der Waals surface area contributed by atoms with Gasteiger partial charge in [-0.25, -0.2) is 0 Å². The Morgan fingerprint density at radius 3 is 1.71 bits per heavy atom. The highest BCUT2D eigenvalue weighted by Gasteiger charge is 2.41. The van der Waals surface area contributed by atoms with Crippen LogP contribution in [0.25, 0.3) is 0 Å².